The Balaban J connectivity index is 1.65. The van der Waals surface area contributed by atoms with Crippen LogP contribution in [0.2, 0.25) is 0 Å². The number of likely N-dealkylation sites (tertiary alicyclic amines) is 1. The van der Waals surface area contributed by atoms with Crippen LogP contribution in [-0.2, 0) is 6.54 Å². The first kappa shape index (κ1) is 23.2. The van der Waals surface area contributed by atoms with Crippen LogP contribution in [0, 0.1) is 5.92 Å². The molecule has 2 aromatic rings. The van der Waals surface area contributed by atoms with Gasteiger partial charge in [-0.3, -0.25) is 9.89 Å². The maximum atomic E-state index is 5.55. The van der Waals surface area contributed by atoms with Gasteiger partial charge in [0, 0.05) is 36.6 Å². The summed E-state index contributed by atoms with van der Waals surface area (Å²) in [5.41, 5.74) is 0.919. The summed E-state index contributed by atoms with van der Waals surface area (Å²) in [5, 5.41) is 9.10. The van der Waals surface area contributed by atoms with Gasteiger partial charge in [0.2, 0.25) is 0 Å². The van der Waals surface area contributed by atoms with Gasteiger partial charge < -0.3 is 24.8 Å². The molecule has 0 spiro atoms. The summed E-state index contributed by atoms with van der Waals surface area (Å²) in [5.74, 6) is 3.41. The van der Waals surface area contributed by atoms with Gasteiger partial charge in [-0.05, 0) is 43.8 Å². The first-order valence-electron chi connectivity index (χ1n) is 10.6. The quantitative estimate of drug-likeness (QED) is 0.478. The van der Waals surface area contributed by atoms with Crippen molar-refractivity contribution in [3.05, 3.63) is 40.1 Å². The zero-order chi connectivity index (χ0) is 22.2. The Morgan fingerprint density at radius 2 is 1.90 bits per heavy atom. The number of aliphatic imine (C=N–C) groups is 1. The lowest BCUT2D eigenvalue weighted by molar-refractivity contribution is 0.125. The smallest absolute Gasteiger partial charge is 0.191 e. The molecule has 1 aromatic carbocycles. The van der Waals surface area contributed by atoms with E-state index in [1.54, 1.807) is 28.4 Å². The highest BCUT2D eigenvalue weighted by molar-refractivity contribution is 7.10. The Morgan fingerprint density at radius 3 is 2.48 bits per heavy atom. The fourth-order valence-corrected chi connectivity index (χ4v) is 5.24. The summed E-state index contributed by atoms with van der Waals surface area (Å²) in [6.07, 6.45) is 2.42. The minimum Gasteiger partial charge on any atom is -0.496 e. The normalized spacial score (nSPS) is 19.7. The molecule has 7 nitrogen and oxygen atoms in total. The van der Waals surface area contributed by atoms with E-state index in [0.29, 0.717) is 35.8 Å². The molecule has 8 heteroatoms. The lowest BCUT2D eigenvalue weighted by atomic mass is 9.88. The van der Waals surface area contributed by atoms with Gasteiger partial charge in [-0.25, -0.2) is 0 Å². The van der Waals surface area contributed by atoms with Crippen LogP contribution in [0.4, 0.5) is 0 Å². The number of piperidine rings is 1. The minimum atomic E-state index is 0.445. The zero-order valence-electron chi connectivity index (χ0n) is 19.1. The third kappa shape index (κ3) is 5.62. The molecule has 1 saturated heterocycles. The molecular formula is C23H34N4O3S. The predicted molar refractivity (Wildman–Crippen MR) is 127 cm³/mol. The molecule has 0 saturated carbocycles. The standard InChI is InChI=1S/C23H34N4O3S/c1-24-23(26-15-18-19(29-4)12-17(28-3)13-20(18)30-5)25-14-16-8-6-10-27(2)22(16)21-9-7-11-31-21/h7,9,11-13,16,22H,6,8,10,14-15H2,1-5H3,(H2,24,25,26). The van der Waals surface area contributed by atoms with E-state index >= 15 is 0 Å². The molecule has 0 amide bonds. The van der Waals surface area contributed by atoms with Crippen molar-refractivity contribution in [3.63, 3.8) is 0 Å². The molecule has 31 heavy (non-hydrogen) atoms. The van der Waals surface area contributed by atoms with E-state index in [9.17, 15) is 0 Å². The molecule has 2 N–H and O–H groups in total. The number of hydrogen-bond acceptors (Lipinski definition) is 6. The van der Waals surface area contributed by atoms with Gasteiger partial charge in [0.15, 0.2) is 5.96 Å². The van der Waals surface area contributed by atoms with Crippen molar-refractivity contribution < 1.29 is 14.2 Å². The number of thiophene rings is 1. The van der Waals surface area contributed by atoms with Gasteiger partial charge in [-0.15, -0.1) is 11.3 Å². The molecule has 0 radical (unpaired) electrons. The van der Waals surface area contributed by atoms with Crippen LogP contribution < -0.4 is 24.8 Å². The van der Waals surface area contributed by atoms with Gasteiger partial charge in [0.25, 0.3) is 0 Å². The molecule has 0 bridgehead atoms. The zero-order valence-corrected chi connectivity index (χ0v) is 19.9. The summed E-state index contributed by atoms with van der Waals surface area (Å²) in [6, 6.07) is 8.56. The average molecular weight is 447 g/mol. The van der Waals surface area contributed by atoms with Crippen molar-refractivity contribution >= 4 is 17.3 Å². The van der Waals surface area contributed by atoms with E-state index < -0.39 is 0 Å². The second kappa shape index (κ2) is 11.2. The van der Waals surface area contributed by atoms with Gasteiger partial charge >= 0.3 is 0 Å². The fraction of sp³-hybridized carbons (Fsp3) is 0.522. The largest absolute Gasteiger partial charge is 0.496 e. The van der Waals surface area contributed by atoms with Crippen molar-refractivity contribution in [1.29, 1.82) is 0 Å². The van der Waals surface area contributed by atoms with Crippen molar-refractivity contribution in [1.82, 2.24) is 15.5 Å². The number of guanidine groups is 1. The lowest BCUT2D eigenvalue weighted by Gasteiger charge is -2.39. The van der Waals surface area contributed by atoms with Crippen molar-refractivity contribution in [2.24, 2.45) is 10.9 Å². The maximum absolute atomic E-state index is 5.55. The van der Waals surface area contributed by atoms with Crippen molar-refractivity contribution in [2.45, 2.75) is 25.4 Å². The number of rotatable bonds is 8. The highest BCUT2D eigenvalue weighted by atomic mass is 32.1. The number of ether oxygens (including phenoxy) is 3. The van der Waals surface area contributed by atoms with Crippen LogP contribution >= 0.6 is 11.3 Å². The van der Waals surface area contributed by atoms with E-state index in [0.717, 1.165) is 24.6 Å². The monoisotopic (exact) mass is 446 g/mol. The number of hydrogen-bond donors (Lipinski definition) is 2. The van der Waals surface area contributed by atoms with Gasteiger partial charge in [-0.2, -0.15) is 0 Å². The Morgan fingerprint density at radius 1 is 1.16 bits per heavy atom. The van der Waals surface area contributed by atoms with E-state index in [1.807, 2.05) is 23.5 Å². The average Bonchev–Trinajstić information content (AvgIpc) is 3.33. The molecule has 2 atom stereocenters. The third-order valence-electron chi connectivity index (χ3n) is 5.85. The second-order valence-corrected chi connectivity index (χ2v) is 8.64. The Kier molecular flexibility index (Phi) is 8.43. The highest BCUT2D eigenvalue weighted by Crippen LogP contribution is 2.37. The molecular weight excluding hydrogens is 412 g/mol. The second-order valence-electron chi connectivity index (χ2n) is 7.66. The topological polar surface area (TPSA) is 67.4 Å². The van der Waals surface area contributed by atoms with Crippen LogP contribution in [0.5, 0.6) is 17.2 Å². The molecule has 1 aliphatic heterocycles. The van der Waals surface area contributed by atoms with Crippen LogP contribution in [0.3, 0.4) is 0 Å². The van der Waals surface area contributed by atoms with Gasteiger partial charge in [-0.1, -0.05) is 6.07 Å². The van der Waals surface area contributed by atoms with Crippen LogP contribution in [0.25, 0.3) is 0 Å². The van der Waals surface area contributed by atoms with Crippen LogP contribution in [0.15, 0.2) is 34.6 Å². The number of nitrogens with one attached hydrogen (secondary N) is 2. The Bertz CT molecular complexity index is 832. The Labute approximate surface area is 189 Å². The van der Waals surface area contributed by atoms with Crippen molar-refractivity contribution in [3.8, 4) is 17.2 Å². The van der Waals surface area contributed by atoms with Crippen LogP contribution in [-0.4, -0.2) is 59.4 Å². The number of methoxy groups -OCH3 is 3. The van der Waals surface area contributed by atoms with Gasteiger partial charge in [0.05, 0.1) is 33.4 Å². The molecule has 0 aliphatic carbocycles. The summed E-state index contributed by atoms with van der Waals surface area (Å²) in [7, 11) is 8.95. The summed E-state index contributed by atoms with van der Waals surface area (Å²) in [6.45, 7) is 2.53. The molecule has 170 valence electrons. The first-order valence-corrected chi connectivity index (χ1v) is 11.5. The van der Waals surface area contributed by atoms with Crippen LogP contribution in [0.1, 0.15) is 29.3 Å². The molecule has 1 aromatic heterocycles. The molecule has 1 aliphatic rings. The number of nitrogens with zero attached hydrogens (tertiary/aromatic N) is 2. The lowest BCUT2D eigenvalue weighted by Crippen LogP contribution is -2.44. The molecule has 3 rings (SSSR count). The number of benzene rings is 1. The van der Waals surface area contributed by atoms with E-state index in [2.05, 4.69) is 45.1 Å². The predicted octanol–water partition coefficient (Wildman–Crippen LogP) is 3.52. The molecule has 2 heterocycles. The summed E-state index contributed by atoms with van der Waals surface area (Å²) >= 11 is 1.84. The minimum absolute atomic E-state index is 0.445. The summed E-state index contributed by atoms with van der Waals surface area (Å²) < 4.78 is 16.4. The van der Waals surface area contributed by atoms with E-state index in [-0.39, 0.29) is 0 Å². The summed E-state index contributed by atoms with van der Waals surface area (Å²) in [4.78, 5) is 8.33. The van der Waals surface area contributed by atoms with E-state index in [4.69, 9.17) is 14.2 Å². The highest BCUT2D eigenvalue weighted by Gasteiger charge is 2.31. The molecule has 1 fully saturated rings. The SMILES string of the molecule is CN=C(NCc1c(OC)cc(OC)cc1OC)NCC1CCCN(C)C1c1cccs1. The molecule has 2 unspecified atom stereocenters. The third-order valence-corrected chi connectivity index (χ3v) is 6.79. The van der Waals surface area contributed by atoms with Crippen molar-refractivity contribution in [2.75, 3.05) is 48.5 Å². The van der Waals surface area contributed by atoms with Gasteiger partial charge in [0.1, 0.15) is 17.2 Å². The fourth-order valence-electron chi connectivity index (χ4n) is 4.26. The maximum Gasteiger partial charge on any atom is 0.191 e. The first-order chi connectivity index (χ1) is 15.1. The Hall–Kier alpha value is -2.45. The van der Waals surface area contributed by atoms with E-state index in [1.165, 1.54) is 17.7 Å².